The lowest BCUT2D eigenvalue weighted by Gasteiger charge is -2.08. The summed E-state index contributed by atoms with van der Waals surface area (Å²) in [5.74, 6) is 0.638. The number of sulfonamides is 1. The minimum atomic E-state index is -3.54. The van der Waals surface area contributed by atoms with Gasteiger partial charge in [0.25, 0.3) is 0 Å². The lowest BCUT2D eigenvalue weighted by atomic mass is 10.3. The van der Waals surface area contributed by atoms with Gasteiger partial charge in [-0.15, -0.1) is 0 Å². The van der Waals surface area contributed by atoms with E-state index >= 15 is 0 Å². The predicted octanol–water partition coefficient (Wildman–Crippen LogP) is 0.486. The van der Waals surface area contributed by atoms with E-state index in [9.17, 15) is 8.42 Å². The summed E-state index contributed by atoms with van der Waals surface area (Å²) in [5.41, 5.74) is 0.769. The SMILES string of the molecule is CNCCOc1ccc(S(=O)(=O)NCc2cn[nH]c2)cc1. The van der Waals surface area contributed by atoms with E-state index in [0.717, 1.165) is 12.1 Å². The Morgan fingerprint density at radius 1 is 1.29 bits per heavy atom. The van der Waals surface area contributed by atoms with E-state index in [4.69, 9.17) is 4.74 Å². The minimum absolute atomic E-state index is 0.194. The number of benzene rings is 1. The molecule has 0 atom stereocenters. The molecule has 0 saturated heterocycles. The molecule has 21 heavy (non-hydrogen) atoms. The number of ether oxygens (including phenoxy) is 1. The van der Waals surface area contributed by atoms with Crippen LogP contribution in [-0.2, 0) is 16.6 Å². The second-order valence-corrected chi connectivity index (χ2v) is 6.12. The van der Waals surface area contributed by atoms with E-state index in [-0.39, 0.29) is 11.4 Å². The first-order chi connectivity index (χ1) is 10.1. The third-order valence-corrected chi connectivity index (χ3v) is 4.19. The fraction of sp³-hybridized carbons (Fsp3) is 0.308. The topological polar surface area (TPSA) is 96.1 Å². The third kappa shape index (κ3) is 4.55. The van der Waals surface area contributed by atoms with E-state index in [1.54, 1.807) is 24.5 Å². The zero-order valence-corrected chi connectivity index (χ0v) is 12.5. The van der Waals surface area contributed by atoms with Crippen molar-refractivity contribution in [1.82, 2.24) is 20.2 Å². The lowest BCUT2D eigenvalue weighted by Crippen LogP contribution is -2.23. The molecular formula is C13H18N4O3S. The van der Waals surface area contributed by atoms with Crippen LogP contribution in [0.4, 0.5) is 0 Å². The van der Waals surface area contributed by atoms with Crippen LogP contribution in [-0.4, -0.2) is 38.8 Å². The zero-order chi connectivity index (χ0) is 15.1. The number of nitrogens with one attached hydrogen (secondary N) is 3. The standard InChI is InChI=1S/C13H18N4O3S/c1-14-6-7-20-12-2-4-13(5-3-12)21(18,19)17-10-11-8-15-16-9-11/h2-5,8-9,14,17H,6-7,10H2,1H3,(H,15,16). The maximum atomic E-state index is 12.1. The number of H-pyrrole nitrogens is 1. The average molecular weight is 310 g/mol. The van der Waals surface area contributed by atoms with Crippen molar-refractivity contribution < 1.29 is 13.2 Å². The van der Waals surface area contributed by atoms with Crippen LogP contribution in [0.3, 0.4) is 0 Å². The van der Waals surface area contributed by atoms with Gasteiger partial charge in [0.1, 0.15) is 12.4 Å². The van der Waals surface area contributed by atoms with Gasteiger partial charge in [-0.1, -0.05) is 0 Å². The molecule has 0 spiro atoms. The number of hydrogen-bond donors (Lipinski definition) is 3. The van der Waals surface area contributed by atoms with Crippen LogP contribution in [0.2, 0.25) is 0 Å². The first-order valence-electron chi connectivity index (χ1n) is 6.46. The Labute approximate surface area is 123 Å². The average Bonchev–Trinajstić information content (AvgIpc) is 3.00. The summed E-state index contributed by atoms with van der Waals surface area (Å²) < 4.78 is 32.2. The molecule has 0 unspecified atom stereocenters. The summed E-state index contributed by atoms with van der Waals surface area (Å²) in [6.45, 7) is 1.45. The minimum Gasteiger partial charge on any atom is -0.492 e. The number of hydrogen-bond acceptors (Lipinski definition) is 5. The van der Waals surface area contributed by atoms with Crippen molar-refractivity contribution in [1.29, 1.82) is 0 Å². The van der Waals surface area contributed by atoms with Gasteiger partial charge in [-0.3, -0.25) is 5.10 Å². The van der Waals surface area contributed by atoms with Gasteiger partial charge in [0, 0.05) is 24.8 Å². The second-order valence-electron chi connectivity index (χ2n) is 4.35. The molecular weight excluding hydrogens is 292 g/mol. The summed E-state index contributed by atoms with van der Waals surface area (Å²) >= 11 is 0. The van der Waals surface area contributed by atoms with E-state index in [2.05, 4.69) is 20.2 Å². The highest BCUT2D eigenvalue weighted by atomic mass is 32.2. The molecule has 2 rings (SSSR count). The highest BCUT2D eigenvalue weighted by Crippen LogP contribution is 2.16. The van der Waals surface area contributed by atoms with E-state index in [0.29, 0.717) is 12.4 Å². The summed E-state index contributed by atoms with van der Waals surface area (Å²) in [6, 6.07) is 6.32. The smallest absolute Gasteiger partial charge is 0.240 e. The number of rotatable bonds is 8. The fourth-order valence-electron chi connectivity index (χ4n) is 1.62. The Bertz CT molecular complexity index is 639. The molecule has 7 nitrogen and oxygen atoms in total. The zero-order valence-electron chi connectivity index (χ0n) is 11.7. The van der Waals surface area contributed by atoms with E-state index < -0.39 is 10.0 Å². The molecule has 0 radical (unpaired) electrons. The van der Waals surface area contributed by atoms with Crippen molar-refractivity contribution in [2.24, 2.45) is 0 Å². The number of nitrogens with zero attached hydrogens (tertiary/aromatic N) is 1. The molecule has 114 valence electrons. The Balaban J connectivity index is 1.96. The Kier molecular flexibility index (Phi) is 5.32. The van der Waals surface area contributed by atoms with Crippen LogP contribution < -0.4 is 14.8 Å². The van der Waals surface area contributed by atoms with Crippen LogP contribution in [0.1, 0.15) is 5.56 Å². The Morgan fingerprint density at radius 2 is 2.05 bits per heavy atom. The quantitative estimate of drug-likeness (QED) is 0.617. The molecule has 0 fully saturated rings. The Hall–Kier alpha value is -1.90. The summed E-state index contributed by atoms with van der Waals surface area (Å²) in [6.07, 6.45) is 3.21. The molecule has 8 heteroatoms. The van der Waals surface area contributed by atoms with Gasteiger partial charge in [-0.2, -0.15) is 5.10 Å². The Morgan fingerprint density at radius 3 is 2.67 bits per heavy atom. The van der Waals surface area contributed by atoms with E-state index in [1.165, 1.54) is 12.1 Å². The van der Waals surface area contributed by atoms with Crippen molar-refractivity contribution in [2.75, 3.05) is 20.2 Å². The van der Waals surface area contributed by atoms with Crippen LogP contribution in [0.15, 0.2) is 41.6 Å². The molecule has 0 aliphatic rings. The lowest BCUT2D eigenvalue weighted by molar-refractivity contribution is 0.318. The second kappa shape index (κ2) is 7.21. The maximum Gasteiger partial charge on any atom is 0.240 e. The predicted molar refractivity (Wildman–Crippen MR) is 78.5 cm³/mol. The van der Waals surface area contributed by atoms with Crippen LogP contribution in [0, 0.1) is 0 Å². The molecule has 2 aromatic rings. The molecule has 1 aromatic heterocycles. The molecule has 1 heterocycles. The van der Waals surface area contributed by atoms with Gasteiger partial charge in [0.15, 0.2) is 0 Å². The van der Waals surface area contributed by atoms with Gasteiger partial charge < -0.3 is 10.1 Å². The van der Waals surface area contributed by atoms with Crippen LogP contribution in [0.25, 0.3) is 0 Å². The fourth-order valence-corrected chi connectivity index (χ4v) is 2.64. The summed E-state index contributed by atoms with van der Waals surface area (Å²) in [7, 11) is -1.70. The molecule has 1 aromatic carbocycles. The number of aromatic nitrogens is 2. The first kappa shape index (κ1) is 15.5. The monoisotopic (exact) mass is 310 g/mol. The highest BCUT2D eigenvalue weighted by molar-refractivity contribution is 7.89. The van der Waals surface area contributed by atoms with Crippen molar-refractivity contribution >= 4 is 10.0 Å². The normalized spacial score (nSPS) is 11.5. The number of aromatic amines is 1. The molecule has 0 aliphatic carbocycles. The summed E-state index contributed by atoms with van der Waals surface area (Å²) in [5, 5.41) is 9.36. The largest absolute Gasteiger partial charge is 0.492 e. The maximum absolute atomic E-state index is 12.1. The van der Waals surface area contributed by atoms with Gasteiger partial charge in [-0.05, 0) is 31.3 Å². The van der Waals surface area contributed by atoms with Crippen molar-refractivity contribution in [3.8, 4) is 5.75 Å². The van der Waals surface area contributed by atoms with Gasteiger partial charge in [0.05, 0.1) is 11.1 Å². The molecule has 0 aliphatic heterocycles. The molecule has 0 amide bonds. The van der Waals surface area contributed by atoms with Gasteiger partial charge in [0.2, 0.25) is 10.0 Å². The molecule has 0 saturated carbocycles. The van der Waals surface area contributed by atoms with E-state index in [1.807, 2.05) is 7.05 Å². The van der Waals surface area contributed by atoms with Gasteiger partial charge in [-0.25, -0.2) is 13.1 Å². The highest BCUT2D eigenvalue weighted by Gasteiger charge is 2.13. The van der Waals surface area contributed by atoms with Gasteiger partial charge >= 0.3 is 0 Å². The van der Waals surface area contributed by atoms with Crippen LogP contribution in [0.5, 0.6) is 5.75 Å². The van der Waals surface area contributed by atoms with Crippen molar-refractivity contribution in [2.45, 2.75) is 11.4 Å². The molecule has 3 N–H and O–H groups in total. The molecule has 0 bridgehead atoms. The van der Waals surface area contributed by atoms with Crippen molar-refractivity contribution in [3.63, 3.8) is 0 Å². The number of likely N-dealkylation sites (N-methyl/N-ethyl adjacent to an activating group) is 1. The summed E-state index contributed by atoms with van der Waals surface area (Å²) in [4.78, 5) is 0.201. The third-order valence-electron chi connectivity index (χ3n) is 2.78. The first-order valence-corrected chi connectivity index (χ1v) is 7.95. The van der Waals surface area contributed by atoms with Crippen molar-refractivity contribution in [3.05, 3.63) is 42.2 Å². The van der Waals surface area contributed by atoms with Crippen LogP contribution >= 0.6 is 0 Å².